The molecule has 1 saturated heterocycles. The molecule has 0 bridgehead atoms. The van der Waals surface area contributed by atoms with Gasteiger partial charge in [-0.05, 0) is 30.9 Å². The van der Waals surface area contributed by atoms with Crippen molar-refractivity contribution >= 4 is 5.91 Å². The first-order valence-corrected chi connectivity index (χ1v) is 8.35. The van der Waals surface area contributed by atoms with Crippen LogP contribution >= 0.6 is 0 Å². The fourth-order valence-electron chi connectivity index (χ4n) is 3.13. The lowest BCUT2D eigenvalue weighted by atomic mass is 10.0. The minimum absolute atomic E-state index is 0.0256. The van der Waals surface area contributed by atoms with Crippen LogP contribution in [0.1, 0.15) is 24.8 Å². The van der Waals surface area contributed by atoms with Gasteiger partial charge >= 0.3 is 0 Å². The number of piperidine rings is 1. The van der Waals surface area contributed by atoms with Crippen molar-refractivity contribution in [1.82, 2.24) is 10.2 Å². The molecule has 1 aromatic carbocycles. The van der Waals surface area contributed by atoms with Gasteiger partial charge in [-0.3, -0.25) is 4.79 Å². The van der Waals surface area contributed by atoms with Crippen LogP contribution in [0.5, 0.6) is 0 Å². The number of hydrogen-bond acceptors (Lipinski definition) is 3. The molecule has 2 heterocycles. The number of rotatable bonds is 5. The fraction of sp³-hybridized carbons (Fsp3) is 0.500. The van der Waals surface area contributed by atoms with E-state index in [1.165, 1.54) is 12.1 Å². The Hall–Kier alpha value is -1.79. The molecule has 1 atom stereocenters. The molecule has 0 spiro atoms. The van der Waals surface area contributed by atoms with Crippen molar-refractivity contribution in [2.45, 2.75) is 31.8 Å². The third-order valence-corrected chi connectivity index (χ3v) is 4.47. The number of likely N-dealkylation sites (tertiary alicyclic amines) is 1. The van der Waals surface area contributed by atoms with Gasteiger partial charge in [-0.15, -0.1) is 0 Å². The summed E-state index contributed by atoms with van der Waals surface area (Å²) in [4.78, 5) is 14.2. The number of carbonyl (C=O) groups is 1. The number of carbonyl (C=O) groups excluding carboxylic acids is 1. The zero-order valence-corrected chi connectivity index (χ0v) is 13.6. The molecular formula is C18H22F2N2O2. The molecule has 3 rings (SSSR count). The number of halogens is 2. The van der Waals surface area contributed by atoms with E-state index in [2.05, 4.69) is 11.4 Å². The molecule has 1 amide bonds. The van der Waals surface area contributed by atoms with Crippen molar-refractivity contribution in [2.24, 2.45) is 0 Å². The largest absolute Gasteiger partial charge is 0.377 e. The predicted octanol–water partition coefficient (Wildman–Crippen LogP) is 2.39. The molecule has 1 N–H and O–H groups in total. The summed E-state index contributed by atoms with van der Waals surface area (Å²) in [7, 11) is 0. The summed E-state index contributed by atoms with van der Waals surface area (Å²) in [5.41, 5.74) is 1.50. The number of hydrogen-bond donors (Lipinski definition) is 1. The number of nitrogens with zero attached hydrogens (tertiary/aromatic N) is 1. The first-order chi connectivity index (χ1) is 11.6. The van der Waals surface area contributed by atoms with Gasteiger partial charge in [-0.25, -0.2) is 8.78 Å². The molecule has 0 aromatic heterocycles. The fourth-order valence-corrected chi connectivity index (χ4v) is 3.13. The Morgan fingerprint density at radius 2 is 2.21 bits per heavy atom. The molecule has 6 heteroatoms. The van der Waals surface area contributed by atoms with Crippen molar-refractivity contribution in [1.29, 1.82) is 0 Å². The summed E-state index contributed by atoms with van der Waals surface area (Å²) in [5.74, 6) is -1.24. The number of nitrogens with one attached hydrogen (secondary N) is 1. The lowest BCUT2D eigenvalue weighted by molar-refractivity contribution is -0.136. The Balaban J connectivity index is 1.58. The summed E-state index contributed by atoms with van der Waals surface area (Å²) >= 11 is 0. The second kappa shape index (κ2) is 7.85. The molecular weight excluding hydrogens is 314 g/mol. The van der Waals surface area contributed by atoms with Crippen molar-refractivity contribution in [3.63, 3.8) is 0 Å². The topological polar surface area (TPSA) is 41.6 Å². The summed E-state index contributed by atoms with van der Waals surface area (Å²) in [6.07, 6.45) is 4.69. The second-order valence-corrected chi connectivity index (χ2v) is 6.27. The SMILES string of the molecule is O=C1[C@H](NCC2=CCCOC2)CCCN1Cc1ccc(F)cc1F. The monoisotopic (exact) mass is 336 g/mol. The van der Waals surface area contributed by atoms with Gasteiger partial charge in [0.15, 0.2) is 0 Å². The second-order valence-electron chi connectivity index (χ2n) is 6.27. The summed E-state index contributed by atoms with van der Waals surface area (Å²) in [6, 6.07) is 3.22. The Morgan fingerprint density at radius 1 is 1.33 bits per heavy atom. The third-order valence-electron chi connectivity index (χ3n) is 4.47. The van der Waals surface area contributed by atoms with Gasteiger partial charge in [0.2, 0.25) is 5.91 Å². The lowest BCUT2D eigenvalue weighted by Crippen LogP contribution is -2.50. The maximum Gasteiger partial charge on any atom is 0.240 e. The van der Waals surface area contributed by atoms with E-state index in [-0.39, 0.29) is 18.5 Å². The van der Waals surface area contributed by atoms with Crippen LogP contribution in [0, 0.1) is 11.6 Å². The molecule has 0 unspecified atom stereocenters. The molecule has 130 valence electrons. The van der Waals surface area contributed by atoms with Gasteiger partial charge in [0.1, 0.15) is 11.6 Å². The van der Waals surface area contributed by atoms with Gasteiger partial charge in [-0.2, -0.15) is 0 Å². The van der Waals surface area contributed by atoms with Crippen LogP contribution in [0.2, 0.25) is 0 Å². The molecule has 0 radical (unpaired) electrons. The first-order valence-electron chi connectivity index (χ1n) is 8.35. The highest BCUT2D eigenvalue weighted by Gasteiger charge is 2.29. The quantitative estimate of drug-likeness (QED) is 0.840. The van der Waals surface area contributed by atoms with E-state index in [4.69, 9.17) is 4.74 Å². The van der Waals surface area contributed by atoms with Crippen LogP contribution in [0.4, 0.5) is 8.78 Å². The normalized spacial score (nSPS) is 21.8. The van der Waals surface area contributed by atoms with E-state index in [1.54, 1.807) is 4.90 Å². The Bertz CT molecular complexity index is 633. The summed E-state index contributed by atoms with van der Waals surface area (Å²) < 4.78 is 32.2. The number of ether oxygens (including phenoxy) is 1. The molecule has 2 aliphatic rings. The van der Waals surface area contributed by atoms with E-state index < -0.39 is 11.6 Å². The zero-order chi connectivity index (χ0) is 16.9. The Kier molecular flexibility index (Phi) is 5.58. The van der Waals surface area contributed by atoms with E-state index in [1.807, 2.05) is 0 Å². The third kappa shape index (κ3) is 4.19. The van der Waals surface area contributed by atoms with Gasteiger partial charge in [0.05, 0.1) is 19.3 Å². The highest BCUT2D eigenvalue weighted by Crippen LogP contribution is 2.18. The minimum Gasteiger partial charge on any atom is -0.377 e. The van der Waals surface area contributed by atoms with Crippen molar-refractivity contribution in [3.05, 3.63) is 47.0 Å². The molecule has 0 aliphatic carbocycles. The molecule has 24 heavy (non-hydrogen) atoms. The zero-order valence-electron chi connectivity index (χ0n) is 13.6. The number of benzene rings is 1. The molecule has 1 aromatic rings. The van der Waals surface area contributed by atoms with E-state index in [0.29, 0.717) is 25.3 Å². The van der Waals surface area contributed by atoms with Crippen molar-refractivity contribution < 1.29 is 18.3 Å². The van der Waals surface area contributed by atoms with Gasteiger partial charge in [0.25, 0.3) is 0 Å². The Labute approximate surface area is 140 Å². The van der Waals surface area contributed by atoms with Crippen LogP contribution in [0.25, 0.3) is 0 Å². The smallest absolute Gasteiger partial charge is 0.240 e. The highest BCUT2D eigenvalue weighted by atomic mass is 19.1. The van der Waals surface area contributed by atoms with Crippen LogP contribution in [0.15, 0.2) is 29.8 Å². The molecule has 4 nitrogen and oxygen atoms in total. The van der Waals surface area contributed by atoms with Crippen LogP contribution in [-0.2, 0) is 16.1 Å². The number of amides is 1. The standard InChI is InChI=1S/C18H22F2N2O2/c19-15-6-5-14(16(20)9-15)11-22-7-1-4-17(18(22)23)21-10-13-3-2-8-24-12-13/h3,5-6,9,17,21H,1-2,4,7-8,10-12H2/t17-/m1/s1. The van der Waals surface area contributed by atoms with Crippen LogP contribution in [0.3, 0.4) is 0 Å². The van der Waals surface area contributed by atoms with Crippen LogP contribution in [-0.4, -0.2) is 43.2 Å². The maximum absolute atomic E-state index is 13.8. The van der Waals surface area contributed by atoms with Crippen molar-refractivity contribution in [3.8, 4) is 0 Å². The average Bonchev–Trinajstić information content (AvgIpc) is 2.59. The molecule has 0 saturated carbocycles. The van der Waals surface area contributed by atoms with E-state index in [0.717, 1.165) is 37.5 Å². The van der Waals surface area contributed by atoms with Gasteiger partial charge in [-0.1, -0.05) is 12.1 Å². The van der Waals surface area contributed by atoms with Crippen molar-refractivity contribution in [2.75, 3.05) is 26.3 Å². The lowest BCUT2D eigenvalue weighted by Gasteiger charge is -2.33. The average molecular weight is 336 g/mol. The summed E-state index contributed by atoms with van der Waals surface area (Å²) in [6.45, 7) is 2.77. The molecule has 1 fully saturated rings. The molecule has 2 aliphatic heterocycles. The minimum atomic E-state index is -0.609. The van der Waals surface area contributed by atoms with Gasteiger partial charge in [0, 0.05) is 31.3 Å². The van der Waals surface area contributed by atoms with E-state index in [9.17, 15) is 13.6 Å². The Morgan fingerprint density at radius 3 is 2.96 bits per heavy atom. The van der Waals surface area contributed by atoms with Crippen LogP contribution < -0.4 is 5.32 Å². The van der Waals surface area contributed by atoms with Gasteiger partial charge < -0.3 is 15.0 Å². The predicted molar refractivity (Wildman–Crippen MR) is 86.3 cm³/mol. The van der Waals surface area contributed by atoms with E-state index >= 15 is 0 Å². The first kappa shape index (κ1) is 17.0. The summed E-state index contributed by atoms with van der Waals surface area (Å²) in [5, 5.41) is 3.29. The highest BCUT2D eigenvalue weighted by molar-refractivity contribution is 5.82. The maximum atomic E-state index is 13.8.